The van der Waals surface area contributed by atoms with Gasteiger partial charge in [0, 0.05) is 0 Å². The molecule has 2 aromatic rings. The molecular weight excluding hydrogens is 211 g/mol. The van der Waals surface area contributed by atoms with Gasteiger partial charge in [0.1, 0.15) is 0 Å². The van der Waals surface area contributed by atoms with Crippen molar-refractivity contribution in [2.24, 2.45) is 0 Å². The van der Waals surface area contributed by atoms with Gasteiger partial charge in [-0.2, -0.15) is 0 Å². The van der Waals surface area contributed by atoms with E-state index < -0.39 is 0 Å². The van der Waals surface area contributed by atoms with Gasteiger partial charge >= 0.3 is 120 Å². The van der Waals surface area contributed by atoms with E-state index in [9.17, 15) is 0 Å². The summed E-state index contributed by atoms with van der Waals surface area (Å²) in [4.78, 5) is 0. The third-order valence-corrected chi connectivity index (χ3v) is 3.50. The molecule has 0 spiro atoms. The molecule has 1 atom stereocenters. The van der Waals surface area contributed by atoms with Gasteiger partial charge in [-0.05, 0) is 0 Å². The third-order valence-electron chi connectivity index (χ3n) is 3.50. The Bertz CT molecular complexity index is 436. The van der Waals surface area contributed by atoms with E-state index in [2.05, 4.69) is 78.4 Å². The van der Waals surface area contributed by atoms with Crippen molar-refractivity contribution in [3.63, 3.8) is 0 Å². The second-order valence-electron chi connectivity index (χ2n) is 4.94. The summed E-state index contributed by atoms with van der Waals surface area (Å²) in [5.41, 5.74) is 2.93. The molecule has 0 amide bonds. The Hall–Kier alpha value is -0.963. The van der Waals surface area contributed by atoms with Crippen LogP contribution in [0.1, 0.15) is 29.9 Å². The Morgan fingerprint density at radius 2 is 1.44 bits per heavy atom. The maximum absolute atomic E-state index is 2.27. The standard InChI is InChI=1S/C17H19.Li/c1-2-9-17(16-12-7-4-8-13-16)14-15-10-5-3-6-11-15;/h3-8,10-13,17H,1-2,9,14H2;. The molecule has 0 nitrogen and oxygen atoms in total. The van der Waals surface area contributed by atoms with Crippen LogP contribution >= 0.6 is 0 Å². The van der Waals surface area contributed by atoms with Crippen LogP contribution in [0.5, 0.6) is 0 Å². The third kappa shape index (κ3) is 4.05. The van der Waals surface area contributed by atoms with Crippen LogP contribution in [0.3, 0.4) is 0 Å². The van der Waals surface area contributed by atoms with Gasteiger partial charge < -0.3 is 0 Å². The summed E-state index contributed by atoms with van der Waals surface area (Å²) in [7, 11) is 0. The number of rotatable bonds is 6. The van der Waals surface area contributed by atoms with E-state index in [1.165, 1.54) is 29.1 Å². The zero-order valence-electron chi connectivity index (χ0n) is 11.2. The van der Waals surface area contributed by atoms with Gasteiger partial charge in [-0.3, -0.25) is 0 Å². The molecule has 0 aliphatic heterocycles. The Morgan fingerprint density at radius 1 is 0.833 bits per heavy atom. The monoisotopic (exact) mass is 230 g/mol. The summed E-state index contributed by atoms with van der Waals surface area (Å²) in [5, 5.41) is 1.28. The number of benzene rings is 2. The predicted molar refractivity (Wildman–Crippen MR) is 79.1 cm³/mol. The fraction of sp³-hybridized carbons (Fsp3) is 0.294. The molecule has 0 aromatic heterocycles. The van der Waals surface area contributed by atoms with E-state index in [1.807, 2.05) is 0 Å². The van der Waals surface area contributed by atoms with Crippen molar-refractivity contribution >= 4 is 17.7 Å². The first-order valence-corrected chi connectivity index (χ1v) is 6.99. The first-order valence-electron chi connectivity index (χ1n) is 6.99. The van der Waals surface area contributed by atoms with Gasteiger partial charge in [-0.1, -0.05) is 0 Å². The van der Waals surface area contributed by atoms with Gasteiger partial charge in [0.15, 0.2) is 0 Å². The van der Waals surface area contributed by atoms with Crippen LogP contribution in [-0.4, -0.2) is 17.7 Å². The zero-order chi connectivity index (χ0) is 12.6. The van der Waals surface area contributed by atoms with Crippen molar-refractivity contribution in [3.05, 3.63) is 71.8 Å². The van der Waals surface area contributed by atoms with Gasteiger partial charge in [-0.15, -0.1) is 0 Å². The van der Waals surface area contributed by atoms with Crippen molar-refractivity contribution in [1.82, 2.24) is 0 Å². The number of hydrogen-bond acceptors (Lipinski definition) is 0. The molecule has 0 saturated carbocycles. The molecule has 0 aliphatic rings. The molecule has 0 bridgehead atoms. The Labute approximate surface area is 120 Å². The van der Waals surface area contributed by atoms with Crippen LogP contribution in [0.4, 0.5) is 0 Å². The van der Waals surface area contributed by atoms with Gasteiger partial charge in [0.05, 0.1) is 0 Å². The summed E-state index contributed by atoms with van der Waals surface area (Å²) in [6.07, 6.45) is 3.76. The molecular formula is C17H19Li. The van der Waals surface area contributed by atoms with E-state index in [-0.39, 0.29) is 0 Å². The van der Waals surface area contributed by atoms with Crippen LogP contribution < -0.4 is 0 Å². The summed E-state index contributed by atoms with van der Waals surface area (Å²) in [5.74, 6) is 0.661. The molecule has 0 heterocycles. The SMILES string of the molecule is [Li][CH2]CCC(Cc1ccccc1)c1ccccc1. The van der Waals surface area contributed by atoms with Crippen molar-refractivity contribution in [2.75, 3.05) is 0 Å². The van der Waals surface area contributed by atoms with Crippen molar-refractivity contribution in [3.8, 4) is 0 Å². The Morgan fingerprint density at radius 3 is 2.06 bits per heavy atom. The predicted octanol–water partition coefficient (Wildman–Crippen LogP) is 4.38. The zero-order valence-corrected chi connectivity index (χ0v) is 11.2. The topological polar surface area (TPSA) is 0 Å². The van der Waals surface area contributed by atoms with Gasteiger partial charge in [0.25, 0.3) is 0 Å². The van der Waals surface area contributed by atoms with Crippen LogP contribution in [0.2, 0.25) is 5.09 Å². The van der Waals surface area contributed by atoms with Crippen LogP contribution in [0.25, 0.3) is 0 Å². The Balaban J connectivity index is 2.10. The molecule has 0 radical (unpaired) electrons. The first-order chi connectivity index (χ1) is 8.90. The minimum atomic E-state index is 0.661. The summed E-state index contributed by atoms with van der Waals surface area (Å²) < 4.78 is 0. The van der Waals surface area contributed by atoms with Gasteiger partial charge in [0.2, 0.25) is 0 Å². The summed E-state index contributed by atoms with van der Waals surface area (Å²) in [6.45, 7) is 0. The average molecular weight is 230 g/mol. The normalized spacial score (nSPS) is 12.3. The van der Waals surface area contributed by atoms with Crippen molar-refractivity contribution in [1.29, 1.82) is 0 Å². The van der Waals surface area contributed by atoms with E-state index in [0.29, 0.717) is 5.92 Å². The van der Waals surface area contributed by atoms with Crippen LogP contribution in [0, 0.1) is 0 Å². The molecule has 1 heteroatoms. The molecule has 0 aliphatic carbocycles. The maximum atomic E-state index is 2.27. The number of hydrogen-bond donors (Lipinski definition) is 0. The summed E-state index contributed by atoms with van der Waals surface area (Å²) in [6, 6.07) is 21.8. The molecule has 0 fully saturated rings. The fourth-order valence-electron chi connectivity index (χ4n) is 2.46. The minimum absolute atomic E-state index is 0.661. The molecule has 2 aromatic carbocycles. The van der Waals surface area contributed by atoms with E-state index >= 15 is 0 Å². The molecule has 0 saturated heterocycles. The molecule has 18 heavy (non-hydrogen) atoms. The molecule has 2 rings (SSSR count). The van der Waals surface area contributed by atoms with Crippen LogP contribution in [-0.2, 0) is 6.42 Å². The second-order valence-corrected chi connectivity index (χ2v) is 4.94. The van der Waals surface area contributed by atoms with Gasteiger partial charge in [-0.25, -0.2) is 0 Å². The van der Waals surface area contributed by atoms with Crippen molar-refractivity contribution in [2.45, 2.75) is 30.3 Å². The van der Waals surface area contributed by atoms with E-state index in [1.54, 1.807) is 0 Å². The summed E-state index contributed by atoms with van der Waals surface area (Å²) >= 11 is 2.27. The first kappa shape index (κ1) is 13.5. The molecule has 0 N–H and O–H groups in total. The van der Waals surface area contributed by atoms with Crippen LogP contribution in [0.15, 0.2) is 60.7 Å². The average Bonchev–Trinajstić information content (AvgIpc) is 2.45. The van der Waals surface area contributed by atoms with Crippen molar-refractivity contribution < 1.29 is 0 Å². The molecule has 88 valence electrons. The van der Waals surface area contributed by atoms with E-state index in [4.69, 9.17) is 0 Å². The quantitative estimate of drug-likeness (QED) is 0.646. The fourth-order valence-corrected chi connectivity index (χ4v) is 2.46. The van der Waals surface area contributed by atoms with E-state index in [0.717, 1.165) is 6.42 Å². The Kier molecular flexibility index (Phi) is 5.59. The molecule has 1 unspecified atom stereocenters. The second kappa shape index (κ2) is 7.47.